The maximum Gasteiger partial charge on any atom is 0.327 e. The van der Waals surface area contributed by atoms with Crippen LogP contribution in [0.1, 0.15) is 13.8 Å². The highest BCUT2D eigenvalue weighted by Crippen LogP contribution is 2.09. The van der Waals surface area contributed by atoms with Gasteiger partial charge in [0.15, 0.2) is 0 Å². The minimum Gasteiger partial charge on any atom is -0.407 e. The zero-order chi connectivity index (χ0) is 10.6. The van der Waals surface area contributed by atoms with Gasteiger partial charge in [-0.25, -0.2) is 4.98 Å². The number of rotatable bonds is 2. The maximum absolute atomic E-state index is 10.5. The zero-order valence-electron chi connectivity index (χ0n) is 7.60. The van der Waals surface area contributed by atoms with Crippen molar-refractivity contribution in [1.82, 2.24) is 9.97 Å². The summed E-state index contributed by atoms with van der Waals surface area (Å²) < 4.78 is 9.16. The van der Waals surface area contributed by atoms with Crippen LogP contribution in [-0.2, 0) is 9.59 Å². The average Bonchev–Trinajstić information content (AvgIpc) is 2.01. The molecule has 73 valence electrons. The van der Waals surface area contributed by atoms with Gasteiger partial charge in [0, 0.05) is 20.0 Å². The molecule has 0 aliphatic heterocycles. The normalized spacial score (nSPS) is 9.29. The van der Waals surface area contributed by atoms with E-state index in [2.05, 4.69) is 25.5 Å². The summed E-state index contributed by atoms with van der Waals surface area (Å²) in [5.74, 6) is -1.16. The Balaban J connectivity index is 2.78. The van der Waals surface area contributed by atoms with Crippen molar-refractivity contribution in [3.8, 4) is 11.9 Å². The van der Waals surface area contributed by atoms with E-state index in [0.29, 0.717) is 0 Å². The maximum atomic E-state index is 10.5. The smallest absolute Gasteiger partial charge is 0.327 e. The van der Waals surface area contributed by atoms with Crippen molar-refractivity contribution >= 4 is 11.9 Å². The molecule has 1 heterocycles. The number of carbonyl (C=O) groups is 2. The Kier molecular flexibility index (Phi) is 3.11. The zero-order valence-corrected chi connectivity index (χ0v) is 7.60. The van der Waals surface area contributed by atoms with Crippen molar-refractivity contribution < 1.29 is 19.1 Å². The summed E-state index contributed by atoms with van der Waals surface area (Å²) in [6, 6.07) is 2.28. The third-order valence-corrected chi connectivity index (χ3v) is 1.04. The number of aromatic nitrogens is 2. The van der Waals surface area contributed by atoms with E-state index >= 15 is 0 Å². The van der Waals surface area contributed by atoms with Crippen LogP contribution in [0, 0.1) is 6.07 Å². The lowest BCUT2D eigenvalue weighted by Gasteiger charge is -2.00. The first kappa shape index (κ1) is 10.1. The summed E-state index contributed by atoms with van der Waals surface area (Å²) in [7, 11) is 0. The van der Waals surface area contributed by atoms with E-state index in [1.54, 1.807) is 0 Å². The number of carbonyl (C=O) groups excluding carboxylic acids is 2. The molecule has 6 nitrogen and oxygen atoms in total. The van der Waals surface area contributed by atoms with E-state index in [-0.39, 0.29) is 11.9 Å². The lowest BCUT2D eigenvalue weighted by atomic mass is 10.6. The van der Waals surface area contributed by atoms with E-state index in [1.165, 1.54) is 20.0 Å². The van der Waals surface area contributed by atoms with Crippen molar-refractivity contribution in [1.29, 1.82) is 0 Å². The summed E-state index contributed by atoms with van der Waals surface area (Å²) in [5.41, 5.74) is 0. The Bertz CT molecular complexity index is 333. The van der Waals surface area contributed by atoms with E-state index < -0.39 is 11.9 Å². The van der Waals surface area contributed by atoms with Crippen molar-refractivity contribution in [3.63, 3.8) is 0 Å². The molecule has 0 bridgehead atoms. The lowest BCUT2D eigenvalue weighted by Crippen LogP contribution is -2.07. The average molecular weight is 195 g/mol. The summed E-state index contributed by atoms with van der Waals surface area (Å²) >= 11 is 0. The lowest BCUT2D eigenvalue weighted by molar-refractivity contribution is -0.132. The molecule has 1 aromatic rings. The molecule has 0 aromatic carbocycles. The van der Waals surface area contributed by atoms with E-state index in [0.717, 1.165) is 0 Å². The van der Waals surface area contributed by atoms with Crippen molar-refractivity contribution in [2.75, 3.05) is 0 Å². The topological polar surface area (TPSA) is 78.4 Å². The van der Waals surface area contributed by atoms with Gasteiger partial charge in [0.05, 0.1) is 6.07 Å². The number of nitrogens with zero attached hydrogens (tertiary/aromatic N) is 2. The molecule has 0 aliphatic rings. The van der Waals surface area contributed by atoms with Crippen LogP contribution in [0.15, 0.2) is 6.20 Å². The second-order valence-electron chi connectivity index (χ2n) is 2.29. The first-order valence-corrected chi connectivity index (χ1v) is 3.69. The van der Waals surface area contributed by atoms with Gasteiger partial charge in [-0.3, -0.25) is 9.59 Å². The molecule has 0 N–H and O–H groups in total. The van der Waals surface area contributed by atoms with Crippen LogP contribution in [0.4, 0.5) is 0 Å². The van der Waals surface area contributed by atoms with Gasteiger partial charge in [-0.15, -0.1) is 0 Å². The van der Waals surface area contributed by atoms with Gasteiger partial charge in [0.1, 0.15) is 0 Å². The van der Waals surface area contributed by atoms with Gasteiger partial charge >= 0.3 is 17.9 Å². The van der Waals surface area contributed by atoms with E-state index in [1.807, 2.05) is 0 Å². The minimum atomic E-state index is -0.551. The second-order valence-corrected chi connectivity index (χ2v) is 2.29. The minimum absolute atomic E-state index is 0.0799. The van der Waals surface area contributed by atoms with Gasteiger partial charge < -0.3 is 9.47 Å². The molecule has 0 atom stereocenters. The van der Waals surface area contributed by atoms with Crippen molar-refractivity contribution in [2.45, 2.75) is 13.8 Å². The SMILES string of the molecule is CC(=O)Oc1[c]cnc(OC(C)=O)n1. The fraction of sp³-hybridized carbons (Fsp3) is 0.250. The van der Waals surface area contributed by atoms with Crippen LogP contribution >= 0.6 is 0 Å². The number of hydrogen-bond donors (Lipinski definition) is 0. The highest BCUT2D eigenvalue weighted by atomic mass is 16.6. The highest BCUT2D eigenvalue weighted by Gasteiger charge is 2.05. The monoisotopic (exact) mass is 195 g/mol. The Morgan fingerprint density at radius 3 is 2.50 bits per heavy atom. The van der Waals surface area contributed by atoms with Crippen LogP contribution in [0.25, 0.3) is 0 Å². The molecule has 0 fully saturated rings. The van der Waals surface area contributed by atoms with Crippen LogP contribution in [0.5, 0.6) is 11.9 Å². The van der Waals surface area contributed by atoms with Crippen molar-refractivity contribution in [2.24, 2.45) is 0 Å². The first-order chi connectivity index (χ1) is 6.58. The molecule has 1 aromatic heterocycles. The summed E-state index contributed by atoms with van der Waals surface area (Å²) in [6.45, 7) is 2.44. The van der Waals surface area contributed by atoms with Crippen LogP contribution in [0.2, 0.25) is 0 Å². The standard InChI is InChI=1S/C8H7N2O4/c1-5(11)13-7-3-4-9-8(10-7)14-6(2)12/h4H,1-2H3. The molecular weight excluding hydrogens is 188 g/mol. The molecule has 14 heavy (non-hydrogen) atoms. The fourth-order valence-electron chi connectivity index (χ4n) is 0.657. The third-order valence-electron chi connectivity index (χ3n) is 1.04. The van der Waals surface area contributed by atoms with Gasteiger partial charge in [0.25, 0.3) is 0 Å². The number of esters is 2. The first-order valence-electron chi connectivity index (χ1n) is 3.69. The fourth-order valence-corrected chi connectivity index (χ4v) is 0.657. The molecule has 1 rings (SSSR count). The van der Waals surface area contributed by atoms with Crippen LogP contribution in [0.3, 0.4) is 0 Å². The molecule has 0 unspecified atom stereocenters. The Morgan fingerprint density at radius 1 is 1.29 bits per heavy atom. The molecule has 0 saturated carbocycles. The second kappa shape index (κ2) is 4.31. The number of ether oxygens (including phenoxy) is 2. The predicted octanol–water partition coefficient (Wildman–Crippen LogP) is 0.127. The van der Waals surface area contributed by atoms with Crippen molar-refractivity contribution in [3.05, 3.63) is 12.3 Å². The van der Waals surface area contributed by atoms with Crippen LogP contribution in [-0.4, -0.2) is 21.9 Å². The summed E-state index contributed by atoms with van der Waals surface area (Å²) in [6.07, 6.45) is 1.20. The quantitative estimate of drug-likeness (QED) is 0.624. The highest BCUT2D eigenvalue weighted by molar-refractivity contribution is 5.69. The Hall–Kier alpha value is -1.98. The summed E-state index contributed by atoms with van der Waals surface area (Å²) in [5, 5.41) is 0. The van der Waals surface area contributed by atoms with Gasteiger partial charge in [-0.2, -0.15) is 4.98 Å². The van der Waals surface area contributed by atoms with Gasteiger partial charge in [0.2, 0.25) is 5.88 Å². The largest absolute Gasteiger partial charge is 0.407 e. The molecular formula is C8H7N2O4. The molecule has 0 aliphatic carbocycles. The van der Waals surface area contributed by atoms with Crippen LogP contribution < -0.4 is 9.47 Å². The molecule has 6 heteroatoms. The van der Waals surface area contributed by atoms with E-state index in [9.17, 15) is 9.59 Å². The molecule has 0 amide bonds. The number of hydrogen-bond acceptors (Lipinski definition) is 6. The predicted molar refractivity (Wildman–Crippen MR) is 43.5 cm³/mol. The third kappa shape index (κ3) is 3.18. The van der Waals surface area contributed by atoms with E-state index in [4.69, 9.17) is 0 Å². The molecule has 1 radical (unpaired) electrons. The summed E-state index contributed by atoms with van der Waals surface area (Å²) in [4.78, 5) is 28.2. The molecule has 0 spiro atoms. The Morgan fingerprint density at radius 2 is 1.93 bits per heavy atom. The van der Waals surface area contributed by atoms with Gasteiger partial charge in [-0.1, -0.05) is 0 Å². The van der Waals surface area contributed by atoms with Gasteiger partial charge in [-0.05, 0) is 0 Å². The Labute approximate surface area is 79.9 Å². The molecule has 0 saturated heterocycles.